The van der Waals surface area contributed by atoms with Gasteiger partial charge in [-0.1, -0.05) is 47.1 Å². The van der Waals surface area contributed by atoms with Crippen molar-refractivity contribution in [3.05, 3.63) is 77.2 Å². The molecule has 6 heteroatoms. The standard InChI is InChI=1S/C23H23FN2O3/c1-16-5-7-17(8-6-16)21-14-20(26-29-21)22(27)25-15-23(9-11-28-12-10-23)18-3-2-4-19(24)13-18/h2-8,13-14H,9-12,15H2,1H3,(H,25,27). The van der Waals surface area contributed by atoms with Crippen molar-refractivity contribution in [3.8, 4) is 11.3 Å². The van der Waals surface area contributed by atoms with Crippen molar-refractivity contribution >= 4 is 5.91 Å². The Kier molecular flexibility index (Phi) is 5.45. The third-order valence-corrected chi connectivity index (χ3v) is 5.55. The van der Waals surface area contributed by atoms with Crippen molar-refractivity contribution in [1.82, 2.24) is 10.5 Å². The van der Waals surface area contributed by atoms with Crippen LogP contribution in [-0.2, 0) is 10.2 Å². The maximum atomic E-state index is 13.8. The third-order valence-electron chi connectivity index (χ3n) is 5.55. The van der Waals surface area contributed by atoms with Gasteiger partial charge >= 0.3 is 0 Å². The van der Waals surface area contributed by atoms with Crippen LogP contribution in [0.2, 0.25) is 0 Å². The molecule has 1 aliphatic rings. The number of hydrogen-bond donors (Lipinski definition) is 1. The van der Waals surface area contributed by atoms with E-state index in [1.165, 1.54) is 6.07 Å². The highest BCUT2D eigenvalue weighted by Crippen LogP contribution is 2.34. The lowest BCUT2D eigenvalue weighted by Crippen LogP contribution is -2.44. The summed E-state index contributed by atoms with van der Waals surface area (Å²) in [5, 5.41) is 6.88. The minimum Gasteiger partial charge on any atom is -0.381 e. The summed E-state index contributed by atoms with van der Waals surface area (Å²) in [6, 6.07) is 16.0. The molecule has 29 heavy (non-hydrogen) atoms. The number of hydrogen-bond acceptors (Lipinski definition) is 4. The van der Waals surface area contributed by atoms with Crippen LogP contribution < -0.4 is 5.32 Å². The molecule has 0 unspecified atom stereocenters. The normalized spacial score (nSPS) is 15.8. The summed E-state index contributed by atoms with van der Waals surface area (Å²) in [7, 11) is 0. The van der Waals surface area contributed by atoms with Crippen LogP contribution in [0.4, 0.5) is 4.39 Å². The second-order valence-corrected chi connectivity index (χ2v) is 7.53. The number of carbonyl (C=O) groups is 1. The molecule has 1 N–H and O–H groups in total. The number of aromatic nitrogens is 1. The van der Waals surface area contributed by atoms with Crippen molar-refractivity contribution in [1.29, 1.82) is 0 Å². The van der Waals surface area contributed by atoms with Gasteiger partial charge in [-0.15, -0.1) is 0 Å². The first kappa shape index (κ1) is 19.3. The highest BCUT2D eigenvalue weighted by atomic mass is 19.1. The van der Waals surface area contributed by atoms with Crippen molar-refractivity contribution in [2.75, 3.05) is 19.8 Å². The first-order valence-electron chi connectivity index (χ1n) is 9.72. The molecule has 5 nitrogen and oxygen atoms in total. The number of nitrogens with zero attached hydrogens (tertiary/aromatic N) is 1. The molecule has 1 fully saturated rings. The van der Waals surface area contributed by atoms with Gasteiger partial charge in [0.2, 0.25) is 0 Å². The Morgan fingerprint density at radius 3 is 2.62 bits per heavy atom. The molecule has 0 bridgehead atoms. The van der Waals surface area contributed by atoms with Gasteiger partial charge < -0.3 is 14.6 Å². The van der Waals surface area contributed by atoms with E-state index in [2.05, 4.69) is 10.5 Å². The Bertz CT molecular complexity index is 991. The maximum Gasteiger partial charge on any atom is 0.273 e. The van der Waals surface area contributed by atoms with Gasteiger partial charge in [0, 0.05) is 36.8 Å². The van der Waals surface area contributed by atoms with Crippen molar-refractivity contribution in [2.24, 2.45) is 0 Å². The predicted molar refractivity (Wildman–Crippen MR) is 107 cm³/mol. The first-order chi connectivity index (χ1) is 14.1. The summed E-state index contributed by atoms with van der Waals surface area (Å²) >= 11 is 0. The molecule has 0 spiro atoms. The molecular formula is C23H23FN2O3. The van der Waals surface area contributed by atoms with Gasteiger partial charge in [-0.25, -0.2) is 4.39 Å². The Morgan fingerprint density at radius 1 is 1.14 bits per heavy atom. The molecule has 0 atom stereocenters. The van der Waals surface area contributed by atoms with Crippen molar-refractivity contribution in [3.63, 3.8) is 0 Å². The zero-order valence-corrected chi connectivity index (χ0v) is 16.3. The summed E-state index contributed by atoms with van der Waals surface area (Å²) in [6.45, 7) is 3.54. The van der Waals surface area contributed by atoms with E-state index < -0.39 is 0 Å². The fraction of sp³-hybridized carbons (Fsp3) is 0.304. The monoisotopic (exact) mass is 394 g/mol. The van der Waals surface area contributed by atoms with E-state index >= 15 is 0 Å². The van der Waals surface area contributed by atoms with Gasteiger partial charge in [0.15, 0.2) is 11.5 Å². The van der Waals surface area contributed by atoms with Crippen LogP contribution in [-0.4, -0.2) is 30.8 Å². The SMILES string of the molecule is Cc1ccc(-c2cc(C(=O)NCC3(c4cccc(F)c4)CCOCC3)no2)cc1. The number of nitrogens with one attached hydrogen (secondary N) is 1. The largest absolute Gasteiger partial charge is 0.381 e. The third kappa shape index (κ3) is 4.22. The molecule has 2 heterocycles. The number of halogens is 1. The Labute approximate surface area is 168 Å². The van der Waals surface area contributed by atoms with Gasteiger partial charge in [-0.2, -0.15) is 0 Å². The van der Waals surface area contributed by atoms with Crippen molar-refractivity contribution < 1.29 is 18.4 Å². The molecule has 0 radical (unpaired) electrons. The van der Waals surface area contributed by atoms with Crippen molar-refractivity contribution in [2.45, 2.75) is 25.2 Å². The van der Waals surface area contributed by atoms with E-state index in [9.17, 15) is 9.18 Å². The topological polar surface area (TPSA) is 64.4 Å². The summed E-state index contributed by atoms with van der Waals surface area (Å²) in [4.78, 5) is 12.7. The lowest BCUT2D eigenvalue weighted by Gasteiger charge is -2.37. The fourth-order valence-electron chi connectivity index (χ4n) is 3.72. The van der Waals surface area contributed by atoms with Crippen LogP contribution in [0, 0.1) is 12.7 Å². The minimum absolute atomic E-state index is 0.224. The quantitative estimate of drug-likeness (QED) is 0.702. The van der Waals surface area contributed by atoms with E-state index in [-0.39, 0.29) is 22.8 Å². The average Bonchev–Trinajstić information content (AvgIpc) is 3.24. The maximum absolute atomic E-state index is 13.8. The van der Waals surface area contributed by atoms with E-state index in [1.54, 1.807) is 18.2 Å². The number of benzene rings is 2. The molecule has 2 aromatic carbocycles. The smallest absolute Gasteiger partial charge is 0.273 e. The molecule has 150 valence electrons. The first-order valence-corrected chi connectivity index (χ1v) is 9.72. The van der Waals surface area contributed by atoms with Crippen LogP contribution in [0.15, 0.2) is 59.1 Å². The van der Waals surface area contributed by atoms with E-state index in [0.29, 0.717) is 38.4 Å². The zero-order valence-electron chi connectivity index (χ0n) is 16.3. The van der Waals surface area contributed by atoms with Gasteiger partial charge in [0.05, 0.1) is 0 Å². The number of ether oxygens (including phenoxy) is 1. The molecule has 1 aromatic heterocycles. The number of carbonyl (C=O) groups excluding carboxylic acids is 1. The van der Waals surface area contributed by atoms with Crippen LogP contribution in [0.3, 0.4) is 0 Å². The molecule has 4 rings (SSSR count). The Hall–Kier alpha value is -2.99. The van der Waals surface area contributed by atoms with Gasteiger partial charge in [0.1, 0.15) is 5.82 Å². The zero-order chi connectivity index (χ0) is 20.3. The summed E-state index contributed by atoms with van der Waals surface area (Å²) in [5.74, 6) is -0.0469. The van der Waals surface area contributed by atoms with Crippen LogP contribution in [0.5, 0.6) is 0 Å². The van der Waals surface area contributed by atoms with Crippen LogP contribution >= 0.6 is 0 Å². The summed E-state index contributed by atoms with van der Waals surface area (Å²) in [5.41, 5.74) is 2.75. The van der Waals surface area contributed by atoms with Gasteiger partial charge in [0.25, 0.3) is 5.91 Å². The Morgan fingerprint density at radius 2 is 1.90 bits per heavy atom. The number of aryl methyl sites for hydroxylation is 1. The van der Waals surface area contributed by atoms with Gasteiger partial charge in [-0.3, -0.25) is 4.79 Å². The van der Waals surface area contributed by atoms with E-state index in [1.807, 2.05) is 37.3 Å². The summed E-state index contributed by atoms with van der Waals surface area (Å²) < 4.78 is 24.6. The summed E-state index contributed by atoms with van der Waals surface area (Å²) in [6.07, 6.45) is 1.42. The molecule has 3 aromatic rings. The molecule has 1 saturated heterocycles. The molecule has 0 aliphatic carbocycles. The molecule has 1 amide bonds. The van der Waals surface area contributed by atoms with Crippen LogP contribution in [0.1, 0.15) is 34.5 Å². The highest BCUT2D eigenvalue weighted by Gasteiger charge is 2.35. The lowest BCUT2D eigenvalue weighted by atomic mass is 9.74. The predicted octanol–water partition coefficient (Wildman–Crippen LogP) is 4.27. The molecule has 0 saturated carbocycles. The average molecular weight is 394 g/mol. The minimum atomic E-state index is -0.362. The van der Waals surface area contributed by atoms with Crippen LogP contribution in [0.25, 0.3) is 11.3 Å². The highest BCUT2D eigenvalue weighted by molar-refractivity contribution is 5.93. The molecule has 1 aliphatic heterocycles. The molecular weight excluding hydrogens is 371 g/mol. The fourth-order valence-corrected chi connectivity index (χ4v) is 3.72. The Balaban J connectivity index is 1.49. The second kappa shape index (κ2) is 8.17. The lowest BCUT2D eigenvalue weighted by molar-refractivity contribution is 0.0485. The number of rotatable bonds is 5. The number of amides is 1. The van der Waals surface area contributed by atoms with E-state index in [0.717, 1.165) is 16.7 Å². The van der Waals surface area contributed by atoms with Gasteiger partial charge in [-0.05, 0) is 37.5 Å². The second-order valence-electron chi connectivity index (χ2n) is 7.53. The van der Waals surface area contributed by atoms with E-state index in [4.69, 9.17) is 9.26 Å².